The maximum atomic E-state index is 12.4. The van der Waals surface area contributed by atoms with Crippen molar-refractivity contribution in [1.82, 2.24) is 10.2 Å². The Hall–Kier alpha value is -1.80. The Balaban J connectivity index is 1.88. The van der Waals surface area contributed by atoms with Gasteiger partial charge in [0.05, 0.1) is 19.1 Å². The number of amides is 1. The van der Waals surface area contributed by atoms with Crippen molar-refractivity contribution in [2.24, 2.45) is 0 Å². The van der Waals surface area contributed by atoms with E-state index in [1.54, 1.807) is 24.3 Å². The fourth-order valence-electron chi connectivity index (χ4n) is 3.73. The lowest BCUT2D eigenvalue weighted by Crippen LogP contribution is -2.42. The molecule has 1 heterocycles. The van der Waals surface area contributed by atoms with Gasteiger partial charge in [-0.2, -0.15) is 0 Å². The molecule has 0 aromatic heterocycles. The lowest BCUT2D eigenvalue weighted by molar-refractivity contribution is -0.119. The Morgan fingerprint density at radius 1 is 1.32 bits per heavy atom. The van der Waals surface area contributed by atoms with Crippen LogP contribution in [0, 0.1) is 0 Å². The smallest absolute Gasteiger partial charge is 0.240 e. The first kappa shape index (κ1) is 22.5. The van der Waals surface area contributed by atoms with Crippen molar-refractivity contribution in [1.29, 1.82) is 0 Å². The van der Waals surface area contributed by atoms with E-state index < -0.39 is 10.0 Å². The van der Waals surface area contributed by atoms with Crippen LogP contribution in [0.25, 0.3) is 0 Å². The lowest BCUT2D eigenvalue weighted by atomic mass is 10.00. The molecule has 1 aliphatic rings. The molecule has 1 atom stereocenters. The standard InChI is InChI=1S/C20H33N3O4S/c1-4-17-10-7-8-14-22(17)15-9-13-21-20(24)16-23(28(3,25)26)18-11-5-6-12-19(18)27-2/h5-6,11-12,17H,4,7-10,13-16H2,1-3H3,(H,21,24). The number of carbonyl (C=O) groups is 1. The summed E-state index contributed by atoms with van der Waals surface area (Å²) in [4.78, 5) is 14.9. The van der Waals surface area contributed by atoms with Crippen molar-refractivity contribution < 1.29 is 17.9 Å². The van der Waals surface area contributed by atoms with Crippen LogP contribution < -0.4 is 14.4 Å². The summed E-state index contributed by atoms with van der Waals surface area (Å²) in [6, 6.07) is 7.43. The first-order valence-corrected chi connectivity index (χ1v) is 11.8. The average Bonchev–Trinajstić information content (AvgIpc) is 2.68. The number of methoxy groups -OCH3 is 1. The number of rotatable bonds is 10. The Kier molecular flexibility index (Phi) is 8.57. The van der Waals surface area contributed by atoms with Crippen LogP contribution in [0.15, 0.2) is 24.3 Å². The molecule has 1 amide bonds. The van der Waals surface area contributed by atoms with E-state index in [0.717, 1.165) is 36.5 Å². The highest BCUT2D eigenvalue weighted by Crippen LogP contribution is 2.29. The number of hydrogen-bond acceptors (Lipinski definition) is 5. The number of hydrogen-bond donors (Lipinski definition) is 1. The number of piperidine rings is 1. The van der Waals surface area contributed by atoms with Crippen molar-refractivity contribution in [3.05, 3.63) is 24.3 Å². The summed E-state index contributed by atoms with van der Waals surface area (Å²) in [6.07, 6.45) is 6.91. The first-order valence-electron chi connectivity index (χ1n) is 9.98. The molecule has 0 saturated carbocycles. The third kappa shape index (κ3) is 6.38. The number of anilines is 1. The fraction of sp³-hybridized carbons (Fsp3) is 0.650. The Morgan fingerprint density at radius 2 is 2.07 bits per heavy atom. The van der Waals surface area contributed by atoms with Gasteiger partial charge in [-0.3, -0.25) is 9.10 Å². The number of sulfonamides is 1. The molecule has 7 nitrogen and oxygen atoms in total. The van der Waals surface area contributed by atoms with Crippen molar-refractivity contribution in [3.8, 4) is 5.75 Å². The Bertz CT molecular complexity index is 739. The molecule has 0 spiro atoms. The fourth-order valence-corrected chi connectivity index (χ4v) is 4.59. The van der Waals surface area contributed by atoms with Crippen LogP contribution >= 0.6 is 0 Å². The normalized spacial score (nSPS) is 17.9. The van der Waals surface area contributed by atoms with Gasteiger partial charge in [0.1, 0.15) is 12.3 Å². The van der Waals surface area contributed by atoms with Gasteiger partial charge in [0.25, 0.3) is 0 Å². The summed E-state index contributed by atoms with van der Waals surface area (Å²) < 4.78 is 30.8. The van der Waals surface area contributed by atoms with Crippen LogP contribution in [-0.4, -0.2) is 64.8 Å². The van der Waals surface area contributed by atoms with E-state index in [0.29, 0.717) is 24.0 Å². The van der Waals surface area contributed by atoms with Gasteiger partial charge in [-0.05, 0) is 44.4 Å². The maximum absolute atomic E-state index is 12.4. The van der Waals surface area contributed by atoms with E-state index in [1.165, 1.54) is 26.4 Å². The van der Waals surface area contributed by atoms with Crippen LogP contribution in [-0.2, 0) is 14.8 Å². The maximum Gasteiger partial charge on any atom is 0.240 e. The minimum atomic E-state index is -3.62. The van der Waals surface area contributed by atoms with Crippen LogP contribution in [0.3, 0.4) is 0 Å². The topological polar surface area (TPSA) is 79.0 Å². The SMILES string of the molecule is CCC1CCCCN1CCCNC(=O)CN(c1ccccc1OC)S(C)(=O)=O. The highest BCUT2D eigenvalue weighted by atomic mass is 32.2. The number of nitrogens with one attached hydrogen (secondary N) is 1. The van der Waals surface area contributed by atoms with Gasteiger partial charge in [-0.15, -0.1) is 0 Å². The zero-order valence-corrected chi connectivity index (χ0v) is 18.0. The third-order valence-corrected chi connectivity index (χ3v) is 6.33. The Morgan fingerprint density at radius 3 is 2.75 bits per heavy atom. The molecule has 0 bridgehead atoms. The van der Waals surface area contributed by atoms with E-state index in [1.807, 2.05) is 0 Å². The van der Waals surface area contributed by atoms with Gasteiger partial charge in [0.15, 0.2) is 0 Å². The summed E-state index contributed by atoms with van der Waals surface area (Å²) in [5.41, 5.74) is 0.363. The number of nitrogens with zero attached hydrogens (tertiary/aromatic N) is 2. The quantitative estimate of drug-likeness (QED) is 0.598. The second kappa shape index (κ2) is 10.7. The molecule has 1 N–H and O–H groups in total. The molecule has 28 heavy (non-hydrogen) atoms. The van der Waals surface area contributed by atoms with E-state index in [9.17, 15) is 13.2 Å². The minimum absolute atomic E-state index is 0.263. The third-order valence-electron chi connectivity index (χ3n) is 5.21. The second-order valence-electron chi connectivity index (χ2n) is 7.24. The molecule has 1 unspecified atom stereocenters. The van der Waals surface area contributed by atoms with Gasteiger partial charge in [0.2, 0.25) is 15.9 Å². The van der Waals surface area contributed by atoms with Crippen molar-refractivity contribution in [3.63, 3.8) is 0 Å². The summed E-state index contributed by atoms with van der Waals surface area (Å²) in [7, 11) is -2.14. The molecule has 1 fully saturated rings. The second-order valence-corrected chi connectivity index (χ2v) is 9.15. The summed E-state index contributed by atoms with van der Waals surface area (Å²) in [5.74, 6) is 0.0958. The predicted octanol–water partition coefficient (Wildman–Crippen LogP) is 2.23. The Labute approximate surface area is 169 Å². The first-order chi connectivity index (χ1) is 13.4. The highest BCUT2D eigenvalue weighted by molar-refractivity contribution is 7.92. The number of ether oxygens (including phenoxy) is 1. The number of carbonyl (C=O) groups excluding carboxylic acids is 1. The van der Waals surface area contributed by atoms with Crippen LogP contribution in [0.4, 0.5) is 5.69 Å². The summed E-state index contributed by atoms with van der Waals surface area (Å²) in [5, 5.41) is 2.85. The molecular weight excluding hydrogens is 378 g/mol. The van der Waals surface area contributed by atoms with Crippen molar-refractivity contribution in [2.75, 3.05) is 43.8 Å². The van der Waals surface area contributed by atoms with Gasteiger partial charge >= 0.3 is 0 Å². The minimum Gasteiger partial charge on any atom is -0.495 e. The number of para-hydroxylation sites is 2. The largest absolute Gasteiger partial charge is 0.495 e. The van der Waals surface area contributed by atoms with Crippen LogP contribution in [0.1, 0.15) is 39.0 Å². The van der Waals surface area contributed by atoms with Crippen LogP contribution in [0.5, 0.6) is 5.75 Å². The molecule has 0 aliphatic carbocycles. The zero-order valence-electron chi connectivity index (χ0n) is 17.2. The van der Waals surface area contributed by atoms with E-state index in [-0.39, 0.29) is 12.5 Å². The number of likely N-dealkylation sites (tertiary alicyclic amines) is 1. The van der Waals surface area contributed by atoms with Gasteiger partial charge in [0, 0.05) is 19.1 Å². The van der Waals surface area contributed by atoms with E-state index in [2.05, 4.69) is 17.1 Å². The molecule has 1 aromatic carbocycles. The van der Waals surface area contributed by atoms with Crippen LogP contribution in [0.2, 0.25) is 0 Å². The van der Waals surface area contributed by atoms with Crippen molar-refractivity contribution in [2.45, 2.75) is 45.1 Å². The lowest BCUT2D eigenvalue weighted by Gasteiger charge is -2.35. The molecule has 1 saturated heterocycles. The average molecular weight is 412 g/mol. The molecule has 1 aromatic rings. The molecule has 0 radical (unpaired) electrons. The highest BCUT2D eigenvalue weighted by Gasteiger charge is 2.24. The van der Waals surface area contributed by atoms with E-state index >= 15 is 0 Å². The molecule has 8 heteroatoms. The molecule has 158 valence electrons. The van der Waals surface area contributed by atoms with E-state index in [4.69, 9.17) is 4.74 Å². The summed E-state index contributed by atoms with van der Waals surface area (Å²) in [6.45, 7) is 4.58. The molecule has 2 rings (SSSR count). The monoisotopic (exact) mass is 411 g/mol. The summed E-state index contributed by atoms with van der Waals surface area (Å²) >= 11 is 0. The molecule has 1 aliphatic heterocycles. The molecular formula is C20H33N3O4S. The van der Waals surface area contributed by atoms with Crippen molar-refractivity contribution >= 4 is 21.6 Å². The number of benzene rings is 1. The predicted molar refractivity (Wildman–Crippen MR) is 112 cm³/mol. The van der Waals surface area contributed by atoms with Gasteiger partial charge in [-0.1, -0.05) is 25.5 Å². The van der Waals surface area contributed by atoms with Gasteiger partial charge in [-0.25, -0.2) is 8.42 Å². The van der Waals surface area contributed by atoms with Gasteiger partial charge < -0.3 is 15.0 Å². The zero-order chi connectivity index (χ0) is 20.6.